The molecule has 12 nitrogen and oxygen atoms in total. The summed E-state index contributed by atoms with van der Waals surface area (Å²) >= 11 is 3.47. The van der Waals surface area contributed by atoms with E-state index in [9.17, 15) is 24.5 Å². The molecule has 3 aromatic carbocycles. The van der Waals surface area contributed by atoms with E-state index in [1.54, 1.807) is 49.4 Å². The molecule has 1 aliphatic heterocycles. The smallest absolute Gasteiger partial charge is 0.331 e. The topological polar surface area (TPSA) is 147 Å². The average molecular weight is 668 g/mol. The van der Waals surface area contributed by atoms with Crippen LogP contribution >= 0.6 is 15.9 Å². The summed E-state index contributed by atoms with van der Waals surface area (Å²) in [5.41, 5.74) is 1.46. The molecule has 44 heavy (non-hydrogen) atoms. The van der Waals surface area contributed by atoms with Crippen molar-refractivity contribution in [1.29, 1.82) is 0 Å². The maximum Gasteiger partial charge on any atom is 0.331 e. The van der Waals surface area contributed by atoms with E-state index in [1.807, 2.05) is 6.92 Å². The number of urea groups is 1. The minimum Gasteiger partial charge on any atom is -0.493 e. The summed E-state index contributed by atoms with van der Waals surface area (Å²) in [5.74, 6) is 0.103. The molecule has 1 saturated heterocycles. The van der Waals surface area contributed by atoms with Gasteiger partial charge in [-0.25, -0.2) is 4.79 Å². The van der Waals surface area contributed by atoms with Gasteiger partial charge in [0.05, 0.1) is 36.3 Å². The van der Waals surface area contributed by atoms with E-state index >= 15 is 0 Å². The molecule has 0 aromatic heterocycles. The number of hydrogen-bond acceptors (Lipinski definition) is 9. The van der Waals surface area contributed by atoms with E-state index in [2.05, 4.69) is 21.2 Å². The van der Waals surface area contributed by atoms with E-state index in [1.165, 1.54) is 25.3 Å². The quantitative estimate of drug-likeness (QED) is 0.103. The first-order valence-electron chi connectivity index (χ1n) is 13.7. The molecule has 13 heteroatoms. The van der Waals surface area contributed by atoms with E-state index in [4.69, 9.17) is 18.9 Å². The van der Waals surface area contributed by atoms with Crippen LogP contribution in [0.5, 0.6) is 23.0 Å². The molecule has 1 N–H and O–H groups in total. The number of imide groups is 2. The second-order valence-electron chi connectivity index (χ2n) is 9.52. The monoisotopic (exact) mass is 667 g/mol. The summed E-state index contributed by atoms with van der Waals surface area (Å²) < 4.78 is 23.3. The van der Waals surface area contributed by atoms with Crippen LogP contribution < -0.4 is 24.3 Å². The van der Waals surface area contributed by atoms with Gasteiger partial charge in [-0.3, -0.25) is 29.9 Å². The van der Waals surface area contributed by atoms with Crippen molar-refractivity contribution in [2.45, 2.75) is 33.4 Å². The van der Waals surface area contributed by atoms with E-state index in [-0.39, 0.29) is 24.4 Å². The Hall–Kier alpha value is -4.91. The third kappa shape index (κ3) is 7.53. The molecule has 0 bridgehead atoms. The molecule has 0 aliphatic carbocycles. The first kappa shape index (κ1) is 32.0. The summed E-state index contributed by atoms with van der Waals surface area (Å²) in [7, 11) is 1.50. The van der Waals surface area contributed by atoms with Crippen LogP contribution in [0.3, 0.4) is 0 Å². The highest BCUT2D eigenvalue weighted by Crippen LogP contribution is 2.38. The van der Waals surface area contributed by atoms with Crippen LogP contribution in [0.1, 0.15) is 37.0 Å². The fourth-order valence-corrected chi connectivity index (χ4v) is 4.85. The Morgan fingerprint density at radius 2 is 1.66 bits per heavy atom. The molecular formula is C31H30BrN3O9. The Morgan fingerprint density at radius 1 is 0.932 bits per heavy atom. The number of barbiturate groups is 1. The number of methoxy groups -OCH3 is 1. The number of carbonyl (C=O) groups excluding carboxylic acids is 3. The number of halogens is 1. The average Bonchev–Trinajstić information content (AvgIpc) is 3.00. The van der Waals surface area contributed by atoms with Gasteiger partial charge in [0.25, 0.3) is 17.5 Å². The van der Waals surface area contributed by atoms with Crippen molar-refractivity contribution < 1.29 is 38.3 Å². The number of nitrogens with one attached hydrogen (secondary N) is 1. The normalized spacial score (nSPS) is 14.0. The third-order valence-corrected chi connectivity index (χ3v) is 6.98. The van der Waals surface area contributed by atoms with E-state index in [0.29, 0.717) is 57.4 Å². The van der Waals surface area contributed by atoms with Crippen LogP contribution in [0.15, 0.2) is 64.6 Å². The Bertz CT molecular complexity index is 1610. The van der Waals surface area contributed by atoms with Gasteiger partial charge in [-0.1, -0.05) is 13.0 Å². The zero-order valence-electron chi connectivity index (χ0n) is 24.3. The zero-order chi connectivity index (χ0) is 31.8. The predicted molar refractivity (Wildman–Crippen MR) is 164 cm³/mol. The van der Waals surface area contributed by atoms with Crippen LogP contribution in [-0.2, 0) is 22.7 Å². The number of nitrogens with zero attached hydrogens (tertiary/aromatic N) is 2. The van der Waals surface area contributed by atoms with Crippen molar-refractivity contribution in [3.63, 3.8) is 0 Å². The standard InChI is InChI=1S/C31H30BrN3O9/c1-4-12-43-25-11-8-20(15-26(25)41-3)17-34-30(37)23(29(36)33-31(34)38)13-21-14-24(32)28(27(16-21)42-5-2)44-18-19-6-9-22(10-7-19)35(39)40/h6-11,13-16H,4-5,12,17-18H2,1-3H3,(H,33,36,38)/b23-13+. The third-order valence-electron chi connectivity index (χ3n) is 6.39. The number of nitro groups is 1. The molecule has 1 heterocycles. The number of rotatable bonds is 13. The molecule has 230 valence electrons. The molecule has 0 saturated carbocycles. The summed E-state index contributed by atoms with van der Waals surface area (Å²) in [6.07, 6.45) is 2.18. The lowest BCUT2D eigenvalue weighted by atomic mass is 10.1. The Morgan fingerprint density at radius 3 is 2.32 bits per heavy atom. The number of non-ortho nitro benzene ring substituents is 1. The zero-order valence-corrected chi connectivity index (χ0v) is 25.8. The van der Waals surface area contributed by atoms with Crippen LogP contribution in [0.4, 0.5) is 10.5 Å². The van der Waals surface area contributed by atoms with E-state index in [0.717, 1.165) is 11.3 Å². The van der Waals surface area contributed by atoms with Crippen molar-refractivity contribution in [2.24, 2.45) is 0 Å². The number of carbonyl (C=O) groups is 3. The molecular weight excluding hydrogens is 638 g/mol. The van der Waals surface area contributed by atoms with E-state index < -0.39 is 22.8 Å². The first-order chi connectivity index (χ1) is 21.1. The molecule has 4 rings (SSSR count). The highest BCUT2D eigenvalue weighted by Gasteiger charge is 2.36. The molecule has 0 spiro atoms. The van der Waals surface area contributed by atoms with Crippen molar-refractivity contribution >= 4 is 45.5 Å². The van der Waals surface area contributed by atoms with Crippen LogP contribution in [0, 0.1) is 10.1 Å². The summed E-state index contributed by atoms with van der Waals surface area (Å²) in [5, 5.41) is 13.1. The Kier molecular flexibility index (Phi) is 10.6. The van der Waals surface area contributed by atoms with Crippen LogP contribution in [-0.4, -0.2) is 48.0 Å². The molecule has 0 atom stereocenters. The van der Waals surface area contributed by atoms with Crippen molar-refractivity contribution in [1.82, 2.24) is 10.2 Å². The molecule has 1 aliphatic rings. The number of hydrogen-bond donors (Lipinski definition) is 1. The van der Waals surface area contributed by atoms with Gasteiger partial charge >= 0.3 is 6.03 Å². The fourth-order valence-electron chi connectivity index (χ4n) is 4.27. The number of benzene rings is 3. The molecule has 1 fully saturated rings. The molecule has 3 aromatic rings. The minimum atomic E-state index is -0.839. The first-order valence-corrected chi connectivity index (χ1v) is 14.5. The fraction of sp³-hybridized carbons (Fsp3) is 0.258. The van der Waals surface area contributed by atoms with Gasteiger partial charge in [-0.05, 0) is 88.4 Å². The lowest BCUT2D eigenvalue weighted by Gasteiger charge is -2.26. The van der Waals surface area contributed by atoms with Crippen LogP contribution in [0.25, 0.3) is 6.08 Å². The summed E-state index contributed by atoms with van der Waals surface area (Å²) in [6, 6.07) is 13.5. The SMILES string of the molecule is CCCOc1ccc(CN2C(=O)NC(=O)/C(=C\c3cc(Br)c(OCc4ccc([N+](=O)[O-])cc4)c(OCC)c3)C2=O)cc1OC. The summed E-state index contributed by atoms with van der Waals surface area (Å²) in [6.45, 7) is 4.57. The molecule has 4 amide bonds. The van der Waals surface area contributed by atoms with Crippen LogP contribution in [0.2, 0.25) is 0 Å². The predicted octanol–water partition coefficient (Wildman–Crippen LogP) is 5.79. The van der Waals surface area contributed by atoms with Gasteiger partial charge < -0.3 is 18.9 Å². The van der Waals surface area contributed by atoms with Gasteiger partial charge in [-0.15, -0.1) is 0 Å². The maximum atomic E-state index is 13.4. The van der Waals surface area contributed by atoms with Gasteiger partial charge in [0.2, 0.25) is 0 Å². The van der Waals surface area contributed by atoms with Crippen molar-refractivity contribution in [3.05, 3.63) is 91.4 Å². The largest absolute Gasteiger partial charge is 0.493 e. The van der Waals surface area contributed by atoms with Gasteiger partial charge in [0.1, 0.15) is 12.2 Å². The molecule has 0 unspecified atom stereocenters. The highest BCUT2D eigenvalue weighted by molar-refractivity contribution is 9.10. The number of amides is 4. The number of ether oxygens (including phenoxy) is 4. The number of nitro benzene ring substituents is 1. The van der Waals surface area contributed by atoms with Gasteiger partial charge in [0.15, 0.2) is 23.0 Å². The van der Waals surface area contributed by atoms with Crippen molar-refractivity contribution in [3.8, 4) is 23.0 Å². The maximum absolute atomic E-state index is 13.4. The Labute approximate surface area is 261 Å². The minimum absolute atomic E-state index is 0.0291. The van der Waals surface area contributed by atoms with Gasteiger partial charge in [-0.2, -0.15) is 0 Å². The second-order valence-corrected chi connectivity index (χ2v) is 10.4. The highest BCUT2D eigenvalue weighted by atomic mass is 79.9. The second kappa shape index (κ2) is 14.5. The summed E-state index contributed by atoms with van der Waals surface area (Å²) in [4.78, 5) is 50.2. The molecule has 0 radical (unpaired) electrons. The lowest BCUT2D eigenvalue weighted by molar-refractivity contribution is -0.384. The van der Waals surface area contributed by atoms with Gasteiger partial charge in [0, 0.05) is 12.1 Å². The van der Waals surface area contributed by atoms with Crippen molar-refractivity contribution in [2.75, 3.05) is 20.3 Å². The lowest BCUT2D eigenvalue weighted by Crippen LogP contribution is -2.53. The Balaban J connectivity index is 1.57.